The zero-order chi connectivity index (χ0) is 27.1. The van der Waals surface area contributed by atoms with E-state index in [0.29, 0.717) is 40.7 Å². The van der Waals surface area contributed by atoms with Gasteiger partial charge in [-0.1, -0.05) is 18.5 Å². The number of nitriles is 1. The molecule has 11 nitrogen and oxygen atoms in total. The molecular formula is C27H23ClN10O. The summed E-state index contributed by atoms with van der Waals surface area (Å²) < 4.78 is 3.42. The van der Waals surface area contributed by atoms with Gasteiger partial charge in [-0.15, -0.1) is 0 Å². The van der Waals surface area contributed by atoms with Crippen molar-refractivity contribution in [1.82, 2.24) is 39.7 Å². The molecule has 5 aromatic rings. The Kier molecular flexibility index (Phi) is 6.17. The van der Waals surface area contributed by atoms with E-state index in [1.165, 1.54) is 0 Å². The highest BCUT2D eigenvalue weighted by Crippen LogP contribution is 2.31. The Hall–Kier alpha value is -4.82. The van der Waals surface area contributed by atoms with Gasteiger partial charge in [-0.05, 0) is 24.1 Å². The fraction of sp³-hybridized carbons (Fsp3) is 0.222. The molecule has 1 aliphatic rings. The van der Waals surface area contributed by atoms with Crippen LogP contribution in [0.3, 0.4) is 0 Å². The number of carbonyl (C=O) groups is 1. The Morgan fingerprint density at radius 2 is 1.97 bits per heavy atom. The lowest BCUT2D eigenvalue weighted by Gasteiger charge is -2.18. The largest absolute Gasteiger partial charge is 0.353 e. The van der Waals surface area contributed by atoms with Gasteiger partial charge in [0.15, 0.2) is 0 Å². The highest BCUT2D eigenvalue weighted by molar-refractivity contribution is 6.33. The molecule has 194 valence electrons. The molecule has 0 aromatic carbocycles. The molecule has 5 aromatic heterocycles. The van der Waals surface area contributed by atoms with Crippen molar-refractivity contribution in [2.24, 2.45) is 13.0 Å². The van der Waals surface area contributed by atoms with E-state index < -0.39 is 0 Å². The lowest BCUT2D eigenvalue weighted by molar-refractivity contribution is 0.0928. The third-order valence-corrected chi connectivity index (χ3v) is 7.22. The molecule has 1 unspecified atom stereocenters. The second-order valence-electron chi connectivity index (χ2n) is 9.56. The lowest BCUT2D eigenvalue weighted by Crippen LogP contribution is -2.40. The SMILES string of the molecule is CC1CN(c2cnc(-c3cc(-c4cnn(C)c4)cn4ncc(C#N)c34)cn2)C[C@H]1NC(=O)c1ncccc1Cl. The average molecular weight is 539 g/mol. The number of pyridine rings is 2. The van der Waals surface area contributed by atoms with Crippen LogP contribution >= 0.6 is 11.6 Å². The molecule has 0 aliphatic carbocycles. The molecule has 6 rings (SSSR count). The van der Waals surface area contributed by atoms with Crippen molar-refractivity contribution < 1.29 is 4.79 Å². The Bertz CT molecular complexity index is 1740. The van der Waals surface area contributed by atoms with E-state index in [2.05, 4.69) is 38.4 Å². The molecule has 0 bridgehead atoms. The van der Waals surface area contributed by atoms with E-state index in [1.807, 2.05) is 25.5 Å². The molecule has 1 N–H and O–H groups in total. The van der Waals surface area contributed by atoms with Crippen molar-refractivity contribution in [1.29, 1.82) is 5.26 Å². The topological polar surface area (TPSA) is 130 Å². The zero-order valence-electron chi connectivity index (χ0n) is 21.2. The summed E-state index contributed by atoms with van der Waals surface area (Å²) in [6, 6.07) is 7.43. The maximum Gasteiger partial charge on any atom is 0.271 e. The first-order valence-electron chi connectivity index (χ1n) is 12.3. The van der Waals surface area contributed by atoms with E-state index in [0.717, 1.165) is 16.7 Å². The highest BCUT2D eigenvalue weighted by Gasteiger charge is 2.32. The van der Waals surface area contributed by atoms with E-state index in [1.54, 1.807) is 52.3 Å². The van der Waals surface area contributed by atoms with Gasteiger partial charge in [0.2, 0.25) is 0 Å². The molecule has 1 fully saturated rings. The number of nitrogens with zero attached hydrogens (tertiary/aromatic N) is 9. The molecule has 39 heavy (non-hydrogen) atoms. The number of aryl methyl sites for hydroxylation is 1. The van der Waals surface area contributed by atoms with E-state index in [-0.39, 0.29) is 23.6 Å². The summed E-state index contributed by atoms with van der Waals surface area (Å²) in [6.07, 6.45) is 12.1. The standard InChI is InChI=1S/C27H23ClN10O/c1-16-12-37(15-23(16)35-27(39)25-21(28)4-3-5-30-25)24-11-31-22(10-32-24)20-6-17(19-9-33-36(2)13-19)14-38-26(20)18(7-29)8-34-38/h3-6,8-11,13-14,16,23H,12,15H2,1-2H3,(H,35,39)/t16?,23-/m1/s1. The van der Waals surface area contributed by atoms with Gasteiger partial charge in [0.25, 0.3) is 5.91 Å². The molecule has 0 radical (unpaired) electrons. The summed E-state index contributed by atoms with van der Waals surface area (Å²) in [5.74, 6) is 0.581. The smallest absolute Gasteiger partial charge is 0.271 e. The van der Waals surface area contributed by atoms with Gasteiger partial charge >= 0.3 is 0 Å². The van der Waals surface area contributed by atoms with Crippen LogP contribution in [0.5, 0.6) is 0 Å². The summed E-state index contributed by atoms with van der Waals surface area (Å²) in [5, 5.41) is 21.7. The van der Waals surface area contributed by atoms with Crippen molar-refractivity contribution in [3.8, 4) is 28.5 Å². The Morgan fingerprint density at radius 3 is 2.69 bits per heavy atom. The maximum absolute atomic E-state index is 12.7. The third-order valence-electron chi connectivity index (χ3n) is 6.91. The monoisotopic (exact) mass is 538 g/mol. The Labute approximate surface area is 228 Å². The molecule has 1 aliphatic heterocycles. The van der Waals surface area contributed by atoms with E-state index >= 15 is 0 Å². The normalized spacial score (nSPS) is 16.9. The van der Waals surface area contributed by atoms with Crippen molar-refractivity contribution in [2.75, 3.05) is 18.0 Å². The van der Waals surface area contributed by atoms with Crippen LogP contribution in [0.25, 0.3) is 27.9 Å². The predicted molar refractivity (Wildman–Crippen MR) is 145 cm³/mol. The van der Waals surface area contributed by atoms with Crippen molar-refractivity contribution in [3.63, 3.8) is 0 Å². The van der Waals surface area contributed by atoms with Crippen LogP contribution in [0.4, 0.5) is 5.82 Å². The zero-order valence-corrected chi connectivity index (χ0v) is 21.9. The molecule has 1 saturated heterocycles. The first-order chi connectivity index (χ1) is 18.9. The molecule has 0 spiro atoms. The number of hydrogen-bond donors (Lipinski definition) is 1. The van der Waals surface area contributed by atoms with E-state index in [9.17, 15) is 10.1 Å². The fourth-order valence-electron chi connectivity index (χ4n) is 4.88. The Morgan fingerprint density at radius 1 is 1.10 bits per heavy atom. The van der Waals surface area contributed by atoms with E-state index in [4.69, 9.17) is 21.6 Å². The fourth-order valence-corrected chi connectivity index (χ4v) is 5.09. The van der Waals surface area contributed by atoms with Gasteiger partial charge in [0.05, 0.1) is 52.6 Å². The quantitative estimate of drug-likeness (QED) is 0.360. The number of fused-ring (bicyclic) bond motifs is 1. The molecule has 0 saturated carbocycles. The summed E-state index contributed by atoms with van der Waals surface area (Å²) in [7, 11) is 1.86. The summed E-state index contributed by atoms with van der Waals surface area (Å²) in [6.45, 7) is 3.36. The molecule has 12 heteroatoms. The number of hydrogen-bond acceptors (Lipinski definition) is 8. The third kappa shape index (κ3) is 4.55. The summed E-state index contributed by atoms with van der Waals surface area (Å²) in [4.78, 5) is 28.4. The number of rotatable bonds is 5. The summed E-state index contributed by atoms with van der Waals surface area (Å²) >= 11 is 6.15. The van der Waals surface area contributed by atoms with Crippen LogP contribution in [-0.4, -0.2) is 59.4 Å². The highest BCUT2D eigenvalue weighted by atomic mass is 35.5. The van der Waals surface area contributed by atoms with Crippen LogP contribution in [0.1, 0.15) is 23.0 Å². The Balaban J connectivity index is 1.27. The van der Waals surface area contributed by atoms with Crippen LogP contribution in [0.15, 0.2) is 61.6 Å². The first kappa shape index (κ1) is 24.5. The number of aromatic nitrogens is 7. The van der Waals surface area contributed by atoms with Crippen molar-refractivity contribution in [3.05, 3.63) is 77.9 Å². The van der Waals surface area contributed by atoms with Crippen LogP contribution in [0.2, 0.25) is 5.02 Å². The van der Waals surface area contributed by atoms with Gasteiger partial charge in [-0.2, -0.15) is 15.5 Å². The first-order valence-corrected chi connectivity index (χ1v) is 12.7. The van der Waals surface area contributed by atoms with Crippen molar-refractivity contribution in [2.45, 2.75) is 13.0 Å². The lowest BCUT2D eigenvalue weighted by atomic mass is 10.0. The van der Waals surface area contributed by atoms with Crippen LogP contribution < -0.4 is 10.2 Å². The van der Waals surface area contributed by atoms with Crippen LogP contribution in [0, 0.1) is 17.2 Å². The number of amides is 1. The average Bonchev–Trinajstić information content (AvgIpc) is 3.67. The van der Waals surface area contributed by atoms with Crippen LogP contribution in [-0.2, 0) is 7.05 Å². The second kappa shape index (κ2) is 9.81. The van der Waals surface area contributed by atoms with Gasteiger partial charge in [-0.25, -0.2) is 14.5 Å². The number of anilines is 1. The minimum atomic E-state index is -0.299. The van der Waals surface area contributed by atoms with Gasteiger partial charge < -0.3 is 10.2 Å². The molecule has 6 heterocycles. The number of carbonyl (C=O) groups excluding carboxylic acids is 1. The van der Waals surface area contributed by atoms with Crippen molar-refractivity contribution >= 4 is 28.8 Å². The number of nitrogens with one attached hydrogen (secondary N) is 1. The molecular weight excluding hydrogens is 516 g/mol. The maximum atomic E-state index is 12.7. The van der Waals surface area contributed by atoms with Gasteiger partial charge in [0.1, 0.15) is 17.6 Å². The summed E-state index contributed by atoms with van der Waals surface area (Å²) in [5.41, 5.74) is 4.51. The predicted octanol–water partition coefficient (Wildman–Crippen LogP) is 3.37. The second-order valence-corrected chi connectivity index (χ2v) is 9.97. The minimum absolute atomic E-state index is 0.0992. The van der Waals surface area contributed by atoms with Gasteiger partial charge in [0, 0.05) is 55.4 Å². The minimum Gasteiger partial charge on any atom is -0.353 e. The molecule has 2 atom stereocenters. The van der Waals surface area contributed by atoms with Gasteiger partial charge in [-0.3, -0.25) is 14.5 Å². The molecule has 1 amide bonds. The number of halogens is 1.